The van der Waals surface area contributed by atoms with Gasteiger partial charge in [0.25, 0.3) is 0 Å². The van der Waals surface area contributed by atoms with Gasteiger partial charge in [0.1, 0.15) is 11.2 Å². The van der Waals surface area contributed by atoms with E-state index in [1.54, 1.807) is 0 Å². The highest BCUT2D eigenvalue weighted by atomic mass is 16.5. The Balaban J connectivity index is 2.65. The Morgan fingerprint density at radius 1 is 1.37 bits per heavy atom. The van der Waals surface area contributed by atoms with Gasteiger partial charge in [-0.1, -0.05) is 0 Å². The van der Waals surface area contributed by atoms with Gasteiger partial charge in [-0.3, -0.25) is 9.59 Å². The minimum Gasteiger partial charge on any atom is -0.504 e. The molecule has 0 aromatic heterocycles. The third-order valence-electron chi connectivity index (χ3n) is 3.80. The van der Waals surface area contributed by atoms with E-state index < -0.39 is 16.9 Å². The van der Waals surface area contributed by atoms with Crippen LogP contribution < -0.4 is 4.74 Å². The Morgan fingerprint density at radius 2 is 2.05 bits per heavy atom. The van der Waals surface area contributed by atoms with Crippen molar-refractivity contribution in [3.05, 3.63) is 17.7 Å². The van der Waals surface area contributed by atoms with Gasteiger partial charge in [0, 0.05) is 6.42 Å². The number of hydrogen-bond donors (Lipinski definition) is 2. The molecule has 0 spiro atoms. The van der Waals surface area contributed by atoms with Crippen molar-refractivity contribution >= 4 is 11.6 Å². The van der Waals surface area contributed by atoms with Crippen LogP contribution in [0.5, 0.6) is 17.2 Å². The molecule has 1 unspecified atom stereocenters. The number of methoxy groups -OCH3 is 1. The fraction of sp³-hybridized carbons (Fsp3) is 0.429. The molecule has 1 aliphatic rings. The van der Waals surface area contributed by atoms with Crippen molar-refractivity contribution in [3.8, 4) is 17.2 Å². The number of benzene rings is 1. The van der Waals surface area contributed by atoms with E-state index in [0.29, 0.717) is 24.8 Å². The van der Waals surface area contributed by atoms with Crippen LogP contribution in [-0.4, -0.2) is 28.9 Å². The minimum atomic E-state index is -1.21. The van der Waals surface area contributed by atoms with Crippen molar-refractivity contribution in [2.45, 2.75) is 31.6 Å². The van der Waals surface area contributed by atoms with Gasteiger partial charge in [-0.05, 0) is 37.5 Å². The number of rotatable bonds is 3. The maximum atomic E-state index is 12.1. The Bertz CT molecular complexity index is 549. The van der Waals surface area contributed by atoms with Crippen LogP contribution in [-0.2, 0) is 15.0 Å². The number of ether oxygens (including phenoxy) is 1. The molecule has 0 heterocycles. The SMILES string of the molecule is COc1cc(C2(C(C)=O)CCCC2=O)cc(O)c1O. The van der Waals surface area contributed by atoms with Gasteiger partial charge in [-0.15, -0.1) is 0 Å². The topological polar surface area (TPSA) is 83.8 Å². The third-order valence-corrected chi connectivity index (χ3v) is 3.80. The predicted octanol–water partition coefficient (Wildman–Crippen LogP) is 1.69. The smallest absolute Gasteiger partial charge is 0.200 e. The van der Waals surface area contributed by atoms with E-state index in [9.17, 15) is 19.8 Å². The predicted molar refractivity (Wildman–Crippen MR) is 67.5 cm³/mol. The van der Waals surface area contributed by atoms with E-state index in [1.165, 1.54) is 26.2 Å². The van der Waals surface area contributed by atoms with Crippen LogP contribution in [0.15, 0.2) is 12.1 Å². The second-order valence-corrected chi connectivity index (χ2v) is 4.78. The van der Waals surface area contributed by atoms with E-state index in [-0.39, 0.29) is 17.3 Å². The first kappa shape index (κ1) is 13.4. The van der Waals surface area contributed by atoms with Crippen LogP contribution in [0.4, 0.5) is 0 Å². The molecule has 19 heavy (non-hydrogen) atoms. The number of phenolic OH excluding ortho intramolecular Hbond substituents is 2. The number of carbonyl (C=O) groups is 2. The standard InChI is InChI=1S/C14H16O5/c1-8(15)14(5-3-4-12(14)17)9-6-10(16)13(18)11(7-9)19-2/h6-7,16,18H,3-5H2,1-2H3. The first-order valence-corrected chi connectivity index (χ1v) is 6.08. The van der Waals surface area contributed by atoms with Crippen molar-refractivity contribution < 1.29 is 24.5 Å². The summed E-state index contributed by atoms with van der Waals surface area (Å²) >= 11 is 0. The van der Waals surface area contributed by atoms with Crippen molar-refractivity contribution in [2.75, 3.05) is 7.11 Å². The molecule has 2 N–H and O–H groups in total. The monoisotopic (exact) mass is 264 g/mol. The maximum absolute atomic E-state index is 12.1. The first-order chi connectivity index (χ1) is 8.93. The Hall–Kier alpha value is -2.04. The van der Waals surface area contributed by atoms with E-state index in [2.05, 4.69) is 0 Å². The van der Waals surface area contributed by atoms with Gasteiger partial charge in [0.05, 0.1) is 7.11 Å². The zero-order chi connectivity index (χ0) is 14.2. The molecule has 2 rings (SSSR count). The number of Topliss-reactive ketones (excluding diaryl/α,β-unsaturated/α-hetero) is 2. The van der Waals surface area contributed by atoms with Crippen LogP contribution in [0.1, 0.15) is 31.7 Å². The van der Waals surface area contributed by atoms with E-state index in [4.69, 9.17) is 4.74 Å². The van der Waals surface area contributed by atoms with Crippen molar-refractivity contribution in [1.29, 1.82) is 0 Å². The number of aromatic hydroxyl groups is 2. The van der Waals surface area contributed by atoms with Crippen molar-refractivity contribution in [1.82, 2.24) is 0 Å². The molecule has 5 heteroatoms. The molecule has 0 bridgehead atoms. The van der Waals surface area contributed by atoms with Gasteiger partial charge in [0.2, 0.25) is 5.75 Å². The highest BCUT2D eigenvalue weighted by molar-refractivity contribution is 6.13. The fourth-order valence-electron chi connectivity index (χ4n) is 2.74. The zero-order valence-electron chi connectivity index (χ0n) is 10.9. The van der Waals surface area contributed by atoms with Crippen LogP contribution in [0.2, 0.25) is 0 Å². The summed E-state index contributed by atoms with van der Waals surface area (Å²) in [5, 5.41) is 19.3. The molecule has 0 radical (unpaired) electrons. The van der Waals surface area contributed by atoms with Crippen LogP contribution >= 0.6 is 0 Å². The van der Waals surface area contributed by atoms with Crippen molar-refractivity contribution in [2.24, 2.45) is 0 Å². The van der Waals surface area contributed by atoms with Crippen LogP contribution in [0.25, 0.3) is 0 Å². The summed E-state index contributed by atoms with van der Waals surface area (Å²) in [5.41, 5.74) is -0.826. The largest absolute Gasteiger partial charge is 0.504 e. The summed E-state index contributed by atoms with van der Waals surface area (Å²) in [5.74, 6) is -1.13. The second-order valence-electron chi connectivity index (χ2n) is 4.78. The van der Waals surface area contributed by atoms with Gasteiger partial charge in [-0.2, -0.15) is 0 Å². The summed E-state index contributed by atoms with van der Waals surface area (Å²) in [6, 6.07) is 2.71. The minimum absolute atomic E-state index is 0.0512. The van der Waals surface area contributed by atoms with E-state index >= 15 is 0 Å². The number of phenols is 2. The summed E-state index contributed by atoms with van der Waals surface area (Å²) in [4.78, 5) is 24.1. The van der Waals surface area contributed by atoms with Gasteiger partial charge < -0.3 is 14.9 Å². The Kier molecular flexibility index (Phi) is 3.22. The number of hydrogen-bond acceptors (Lipinski definition) is 5. The molecule has 1 saturated carbocycles. The molecule has 0 amide bonds. The maximum Gasteiger partial charge on any atom is 0.200 e. The van der Waals surface area contributed by atoms with Gasteiger partial charge in [0.15, 0.2) is 17.3 Å². The summed E-state index contributed by atoms with van der Waals surface area (Å²) < 4.78 is 4.95. The molecule has 1 aliphatic carbocycles. The highest BCUT2D eigenvalue weighted by Gasteiger charge is 2.48. The fourth-order valence-corrected chi connectivity index (χ4v) is 2.74. The molecule has 1 atom stereocenters. The first-order valence-electron chi connectivity index (χ1n) is 6.08. The molecule has 1 fully saturated rings. The molecule has 102 valence electrons. The number of ketones is 2. The Labute approximate surface area is 110 Å². The lowest BCUT2D eigenvalue weighted by Gasteiger charge is -2.25. The number of carbonyl (C=O) groups excluding carboxylic acids is 2. The quantitative estimate of drug-likeness (QED) is 0.641. The average Bonchev–Trinajstić information content (AvgIpc) is 2.75. The molecule has 0 aliphatic heterocycles. The molecular formula is C14H16O5. The molecular weight excluding hydrogens is 248 g/mol. The molecule has 1 aromatic carbocycles. The average molecular weight is 264 g/mol. The van der Waals surface area contributed by atoms with Crippen molar-refractivity contribution in [3.63, 3.8) is 0 Å². The second kappa shape index (κ2) is 4.57. The molecule has 5 nitrogen and oxygen atoms in total. The Morgan fingerprint density at radius 3 is 2.53 bits per heavy atom. The highest BCUT2D eigenvalue weighted by Crippen LogP contribution is 2.45. The van der Waals surface area contributed by atoms with Crippen LogP contribution in [0.3, 0.4) is 0 Å². The summed E-state index contributed by atoms with van der Waals surface area (Å²) in [6.07, 6.45) is 1.42. The zero-order valence-corrected chi connectivity index (χ0v) is 10.9. The lowest BCUT2D eigenvalue weighted by molar-refractivity contribution is -0.132. The molecule has 0 saturated heterocycles. The van der Waals surface area contributed by atoms with Gasteiger partial charge in [-0.25, -0.2) is 0 Å². The van der Waals surface area contributed by atoms with E-state index in [1.807, 2.05) is 0 Å². The summed E-state index contributed by atoms with van der Waals surface area (Å²) in [6.45, 7) is 1.37. The lowest BCUT2D eigenvalue weighted by Crippen LogP contribution is -2.38. The normalized spacial score (nSPS) is 22.5. The lowest BCUT2D eigenvalue weighted by atomic mass is 9.75. The third kappa shape index (κ3) is 1.85. The van der Waals surface area contributed by atoms with Gasteiger partial charge >= 0.3 is 0 Å². The van der Waals surface area contributed by atoms with Crippen LogP contribution in [0, 0.1) is 0 Å². The molecule has 1 aromatic rings. The summed E-state index contributed by atoms with van der Waals surface area (Å²) in [7, 11) is 1.34. The van der Waals surface area contributed by atoms with E-state index in [0.717, 1.165) is 0 Å².